The van der Waals surface area contributed by atoms with Crippen LogP contribution in [-0.2, 0) is 17.9 Å². The van der Waals surface area contributed by atoms with Gasteiger partial charge in [-0.15, -0.1) is 5.10 Å². The molecular weight excluding hydrogens is 500 g/mol. The molecule has 36 heavy (non-hydrogen) atoms. The molecule has 0 radical (unpaired) electrons. The predicted octanol–water partition coefficient (Wildman–Crippen LogP) is 3.67. The summed E-state index contributed by atoms with van der Waals surface area (Å²) < 4.78 is 2.77. The Balaban J connectivity index is 1.44. The van der Waals surface area contributed by atoms with Gasteiger partial charge in [0.15, 0.2) is 5.16 Å². The van der Waals surface area contributed by atoms with Gasteiger partial charge in [0.05, 0.1) is 16.7 Å². The minimum absolute atomic E-state index is 0.0207. The van der Waals surface area contributed by atoms with E-state index in [0.29, 0.717) is 39.7 Å². The number of aryl methyl sites for hydroxylation is 1. The summed E-state index contributed by atoms with van der Waals surface area (Å²) in [5, 5.41) is 8.38. The monoisotopic (exact) mass is 524 g/mol. The summed E-state index contributed by atoms with van der Waals surface area (Å²) in [5.74, 6) is -0.121. The van der Waals surface area contributed by atoms with Crippen molar-refractivity contribution in [1.82, 2.24) is 24.6 Å². The lowest BCUT2D eigenvalue weighted by Crippen LogP contribution is -2.26. The van der Waals surface area contributed by atoms with Crippen LogP contribution in [-0.4, -0.2) is 36.9 Å². The molecule has 9 nitrogen and oxygen atoms in total. The molecule has 4 aromatic rings. The third kappa shape index (κ3) is 6.13. The number of nitrogens with zero attached hydrogens (tertiary/aromatic N) is 4. The van der Waals surface area contributed by atoms with Gasteiger partial charge in [0.2, 0.25) is 5.91 Å². The Morgan fingerprint density at radius 1 is 1.14 bits per heavy atom. The maximum atomic E-state index is 13.2. The molecule has 1 amide bonds. The van der Waals surface area contributed by atoms with Crippen LogP contribution in [0.5, 0.6) is 0 Å². The second-order valence-electron chi connectivity index (χ2n) is 8.18. The number of fused-ring (bicyclic) bond motifs is 1. The molecule has 0 fully saturated rings. The van der Waals surface area contributed by atoms with Crippen molar-refractivity contribution in [2.24, 2.45) is 0 Å². The molecule has 0 saturated heterocycles. The molecule has 0 aliphatic heterocycles. The van der Waals surface area contributed by atoms with Gasteiger partial charge < -0.3 is 11.1 Å². The zero-order valence-electron chi connectivity index (χ0n) is 19.6. The van der Waals surface area contributed by atoms with Gasteiger partial charge in [0, 0.05) is 36.3 Å². The summed E-state index contributed by atoms with van der Waals surface area (Å²) in [6, 6.07) is 16.0. The number of aromatic nitrogens is 4. The van der Waals surface area contributed by atoms with Crippen LogP contribution < -0.4 is 16.6 Å². The minimum Gasteiger partial charge on any atom is -0.382 e. The Hall–Kier alpha value is -3.63. The van der Waals surface area contributed by atoms with Gasteiger partial charge in [0.1, 0.15) is 5.82 Å². The fourth-order valence-electron chi connectivity index (χ4n) is 3.73. The lowest BCUT2D eigenvalue weighted by atomic mass is 10.2. The van der Waals surface area contributed by atoms with Crippen LogP contribution in [0.4, 0.5) is 5.82 Å². The van der Waals surface area contributed by atoms with Crippen molar-refractivity contribution < 1.29 is 9.59 Å². The van der Waals surface area contributed by atoms with Crippen LogP contribution in [0.15, 0.2) is 64.5 Å². The summed E-state index contributed by atoms with van der Waals surface area (Å²) in [6.07, 6.45) is 0.659. The highest BCUT2D eigenvalue weighted by Crippen LogP contribution is 2.19. The number of carbonyl (C=O) groups excluding carboxylic acids is 2. The minimum atomic E-state index is -0.274. The van der Waals surface area contributed by atoms with Crippen LogP contribution in [0, 0.1) is 6.92 Å². The number of benzene rings is 2. The highest BCUT2D eigenvalue weighted by atomic mass is 35.5. The second kappa shape index (κ2) is 11.4. The quantitative estimate of drug-likeness (QED) is 0.253. The van der Waals surface area contributed by atoms with Gasteiger partial charge in [0.25, 0.3) is 11.5 Å². The summed E-state index contributed by atoms with van der Waals surface area (Å²) in [5.41, 5.74) is 7.56. The lowest BCUT2D eigenvalue weighted by molar-refractivity contribution is -0.121. The molecular formula is C25H25ClN6O3S. The van der Waals surface area contributed by atoms with Crippen molar-refractivity contribution in [3.05, 3.63) is 81.2 Å². The first kappa shape index (κ1) is 25.5. The van der Waals surface area contributed by atoms with Gasteiger partial charge >= 0.3 is 0 Å². The van der Waals surface area contributed by atoms with E-state index in [1.54, 1.807) is 49.4 Å². The maximum absolute atomic E-state index is 13.2. The maximum Gasteiger partial charge on any atom is 0.262 e. The van der Waals surface area contributed by atoms with Gasteiger partial charge in [-0.05, 0) is 43.2 Å². The first-order chi connectivity index (χ1) is 17.3. The Morgan fingerprint density at radius 2 is 1.94 bits per heavy atom. The van der Waals surface area contributed by atoms with E-state index in [0.717, 1.165) is 17.3 Å². The Bertz CT molecular complexity index is 1480. The van der Waals surface area contributed by atoms with Gasteiger partial charge in [-0.2, -0.15) is 0 Å². The summed E-state index contributed by atoms with van der Waals surface area (Å²) in [4.78, 5) is 42.9. The topological polar surface area (TPSA) is 125 Å². The highest BCUT2D eigenvalue weighted by Gasteiger charge is 2.16. The third-order valence-electron chi connectivity index (χ3n) is 5.46. The number of para-hydroxylation sites is 1. The first-order valence-electron chi connectivity index (χ1n) is 11.3. The summed E-state index contributed by atoms with van der Waals surface area (Å²) in [7, 11) is 0. The molecule has 0 saturated carbocycles. The lowest BCUT2D eigenvalue weighted by Gasteiger charge is -2.13. The number of rotatable bonds is 9. The van der Waals surface area contributed by atoms with Crippen molar-refractivity contribution in [1.29, 1.82) is 0 Å². The Morgan fingerprint density at radius 3 is 2.69 bits per heavy atom. The summed E-state index contributed by atoms with van der Waals surface area (Å²) in [6.45, 7) is 2.40. The number of carbonyl (C=O) groups is 2. The molecule has 2 aromatic carbocycles. The number of amides is 1. The number of nitrogens with two attached hydrogens (primary N) is 1. The molecule has 2 heterocycles. The standard InChI is InChI=1S/C25H25ClN6O3S/c1-16-12-21(27)30-32(16)23(34)15-36-25-29-20-9-3-2-8-19(20)24(35)31(25)11-5-10-22(33)28-14-17-6-4-7-18(26)13-17/h2-4,6-9,12-13H,5,10-11,14-15H2,1H3,(H2,27,30)(H,28,33). The van der Waals surface area contributed by atoms with Crippen LogP contribution in [0.3, 0.4) is 0 Å². The van der Waals surface area contributed by atoms with E-state index in [4.69, 9.17) is 17.3 Å². The van der Waals surface area contributed by atoms with Crippen molar-refractivity contribution in [3.8, 4) is 0 Å². The zero-order valence-corrected chi connectivity index (χ0v) is 21.2. The number of thioether (sulfide) groups is 1. The number of halogens is 1. The molecule has 11 heteroatoms. The number of nitrogens with one attached hydrogen (secondary N) is 1. The molecule has 0 atom stereocenters. The van der Waals surface area contributed by atoms with E-state index in [-0.39, 0.29) is 41.9 Å². The largest absolute Gasteiger partial charge is 0.382 e. The molecule has 186 valence electrons. The number of hydrogen-bond acceptors (Lipinski definition) is 7. The molecule has 0 aliphatic rings. The second-order valence-corrected chi connectivity index (χ2v) is 9.56. The van der Waals surface area contributed by atoms with Crippen molar-refractivity contribution in [2.75, 3.05) is 11.5 Å². The van der Waals surface area contributed by atoms with Crippen molar-refractivity contribution in [2.45, 2.75) is 38.0 Å². The van der Waals surface area contributed by atoms with Crippen molar-refractivity contribution >= 4 is 51.9 Å². The fourth-order valence-corrected chi connectivity index (χ4v) is 4.81. The van der Waals surface area contributed by atoms with Crippen LogP contribution >= 0.6 is 23.4 Å². The number of anilines is 1. The van der Waals surface area contributed by atoms with E-state index < -0.39 is 0 Å². The zero-order chi connectivity index (χ0) is 25.7. The van der Waals surface area contributed by atoms with Gasteiger partial charge in [-0.25, -0.2) is 9.67 Å². The van der Waals surface area contributed by atoms with Gasteiger partial charge in [-0.1, -0.05) is 47.6 Å². The normalized spacial score (nSPS) is 11.1. The van der Waals surface area contributed by atoms with Gasteiger partial charge in [-0.3, -0.25) is 19.0 Å². The Labute approximate surface area is 216 Å². The predicted molar refractivity (Wildman–Crippen MR) is 141 cm³/mol. The number of hydrogen-bond donors (Lipinski definition) is 2. The molecule has 0 aliphatic carbocycles. The smallest absolute Gasteiger partial charge is 0.262 e. The van der Waals surface area contributed by atoms with Crippen LogP contribution in [0.25, 0.3) is 10.9 Å². The third-order valence-corrected chi connectivity index (χ3v) is 6.65. The molecule has 0 spiro atoms. The number of nitrogen functional groups attached to an aromatic ring is 1. The molecule has 3 N–H and O–H groups in total. The van der Waals surface area contributed by atoms with E-state index in [2.05, 4.69) is 15.4 Å². The molecule has 0 bridgehead atoms. The van der Waals surface area contributed by atoms with E-state index >= 15 is 0 Å². The Kier molecular flexibility index (Phi) is 8.07. The highest BCUT2D eigenvalue weighted by molar-refractivity contribution is 7.99. The molecule has 0 unspecified atom stereocenters. The van der Waals surface area contributed by atoms with E-state index in [1.807, 2.05) is 12.1 Å². The SMILES string of the molecule is Cc1cc(N)nn1C(=O)CSc1nc2ccccc2c(=O)n1CCCC(=O)NCc1cccc(Cl)c1. The van der Waals surface area contributed by atoms with Crippen LogP contribution in [0.2, 0.25) is 5.02 Å². The van der Waals surface area contributed by atoms with Crippen molar-refractivity contribution in [3.63, 3.8) is 0 Å². The average molecular weight is 525 g/mol. The van der Waals surface area contributed by atoms with E-state index in [1.165, 1.54) is 9.25 Å². The summed E-state index contributed by atoms with van der Waals surface area (Å²) >= 11 is 7.14. The first-order valence-corrected chi connectivity index (χ1v) is 12.7. The molecule has 2 aromatic heterocycles. The fraction of sp³-hybridized carbons (Fsp3) is 0.240. The van der Waals surface area contributed by atoms with E-state index in [9.17, 15) is 14.4 Å². The molecule has 4 rings (SSSR count). The average Bonchev–Trinajstić information content (AvgIpc) is 3.20. The van der Waals surface area contributed by atoms with Crippen LogP contribution in [0.1, 0.15) is 28.9 Å².